The summed E-state index contributed by atoms with van der Waals surface area (Å²) in [5.74, 6) is -1.25. The van der Waals surface area contributed by atoms with Gasteiger partial charge in [0.1, 0.15) is 13.0 Å². The Morgan fingerprint density at radius 1 is 1.27 bits per heavy atom. The molecule has 0 spiro atoms. The third-order valence-electron chi connectivity index (χ3n) is 2.06. The maximum absolute atomic E-state index is 11.3. The molecule has 15 heavy (non-hydrogen) atoms. The third-order valence-corrected chi connectivity index (χ3v) is 2.06. The SMILES string of the molecule is CCOCC1(CC(=O)OCC)OCCO1. The van der Waals surface area contributed by atoms with Crippen molar-refractivity contribution in [2.75, 3.05) is 33.0 Å². The zero-order chi connectivity index (χ0) is 11.1. The minimum atomic E-state index is -0.928. The van der Waals surface area contributed by atoms with E-state index in [0.29, 0.717) is 26.4 Å². The van der Waals surface area contributed by atoms with E-state index in [0.717, 1.165) is 0 Å². The molecule has 0 aliphatic carbocycles. The first-order chi connectivity index (χ1) is 7.22. The summed E-state index contributed by atoms with van der Waals surface area (Å²) in [5.41, 5.74) is 0. The lowest BCUT2D eigenvalue weighted by Crippen LogP contribution is -2.39. The zero-order valence-corrected chi connectivity index (χ0v) is 9.28. The molecule has 1 rings (SSSR count). The number of ether oxygens (including phenoxy) is 4. The quantitative estimate of drug-likeness (QED) is 0.615. The highest BCUT2D eigenvalue weighted by Crippen LogP contribution is 2.24. The lowest BCUT2D eigenvalue weighted by Gasteiger charge is -2.25. The highest BCUT2D eigenvalue weighted by Gasteiger charge is 2.39. The minimum absolute atomic E-state index is 0.0842. The van der Waals surface area contributed by atoms with Gasteiger partial charge in [0.2, 0.25) is 5.79 Å². The van der Waals surface area contributed by atoms with Crippen molar-refractivity contribution in [3.63, 3.8) is 0 Å². The highest BCUT2D eigenvalue weighted by molar-refractivity contribution is 5.70. The van der Waals surface area contributed by atoms with E-state index in [-0.39, 0.29) is 19.0 Å². The summed E-state index contributed by atoms with van der Waals surface area (Å²) in [6, 6.07) is 0. The van der Waals surface area contributed by atoms with E-state index < -0.39 is 5.79 Å². The zero-order valence-electron chi connectivity index (χ0n) is 9.28. The summed E-state index contributed by atoms with van der Waals surface area (Å²) in [7, 11) is 0. The second-order valence-corrected chi connectivity index (χ2v) is 3.23. The van der Waals surface area contributed by atoms with Crippen LogP contribution in [-0.2, 0) is 23.7 Å². The van der Waals surface area contributed by atoms with Crippen LogP contribution in [0.25, 0.3) is 0 Å². The molecule has 0 unspecified atom stereocenters. The third kappa shape index (κ3) is 3.77. The highest BCUT2D eigenvalue weighted by atomic mass is 16.8. The molecule has 1 aliphatic heterocycles. The second-order valence-electron chi connectivity index (χ2n) is 3.23. The predicted molar refractivity (Wildman–Crippen MR) is 52.4 cm³/mol. The lowest BCUT2D eigenvalue weighted by atomic mass is 10.2. The first-order valence-electron chi connectivity index (χ1n) is 5.23. The molecule has 0 atom stereocenters. The topological polar surface area (TPSA) is 54.0 Å². The molecule has 0 radical (unpaired) electrons. The standard InChI is InChI=1S/C10H18O5/c1-3-12-8-10(14-5-6-15-10)7-9(11)13-4-2/h3-8H2,1-2H3. The van der Waals surface area contributed by atoms with E-state index in [9.17, 15) is 4.79 Å². The molecular weight excluding hydrogens is 200 g/mol. The molecule has 88 valence electrons. The van der Waals surface area contributed by atoms with Crippen molar-refractivity contribution in [2.45, 2.75) is 26.1 Å². The molecule has 0 aromatic carbocycles. The molecule has 0 aromatic heterocycles. The Morgan fingerprint density at radius 2 is 1.93 bits per heavy atom. The summed E-state index contributed by atoms with van der Waals surface area (Å²) < 4.78 is 20.9. The van der Waals surface area contributed by atoms with Gasteiger partial charge in [-0.15, -0.1) is 0 Å². The van der Waals surface area contributed by atoms with E-state index in [1.54, 1.807) is 6.92 Å². The summed E-state index contributed by atoms with van der Waals surface area (Å²) in [6.07, 6.45) is 0.0842. The summed E-state index contributed by atoms with van der Waals surface area (Å²) >= 11 is 0. The molecule has 0 saturated carbocycles. The van der Waals surface area contributed by atoms with E-state index in [1.807, 2.05) is 6.92 Å². The number of rotatable bonds is 6. The van der Waals surface area contributed by atoms with E-state index in [1.165, 1.54) is 0 Å². The fraction of sp³-hybridized carbons (Fsp3) is 0.900. The molecular formula is C10H18O5. The Labute approximate surface area is 89.6 Å². The van der Waals surface area contributed by atoms with E-state index in [4.69, 9.17) is 18.9 Å². The molecule has 1 aliphatic rings. The number of esters is 1. The number of carbonyl (C=O) groups is 1. The Morgan fingerprint density at radius 3 is 2.47 bits per heavy atom. The number of carbonyl (C=O) groups excluding carboxylic acids is 1. The van der Waals surface area contributed by atoms with Gasteiger partial charge in [-0.05, 0) is 13.8 Å². The van der Waals surface area contributed by atoms with Crippen LogP contribution >= 0.6 is 0 Å². The van der Waals surface area contributed by atoms with Crippen LogP contribution in [0.4, 0.5) is 0 Å². The van der Waals surface area contributed by atoms with Gasteiger partial charge in [0, 0.05) is 6.61 Å². The Bertz CT molecular complexity index is 198. The van der Waals surface area contributed by atoms with E-state index >= 15 is 0 Å². The lowest BCUT2D eigenvalue weighted by molar-refractivity contribution is -0.205. The van der Waals surface area contributed by atoms with Crippen molar-refractivity contribution in [2.24, 2.45) is 0 Å². The Balaban J connectivity index is 2.45. The van der Waals surface area contributed by atoms with Gasteiger partial charge in [-0.25, -0.2) is 0 Å². The van der Waals surface area contributed by atoms with E-state index in [2.05, 4.69) is 0 Å². The molecule has 0 aromatic rings. The Hall–Kier alpha value is -0.650. The van der Waals surface area contributed by atoms with Gasteiger partial charge in [-0.1, -0.05) is 0 Å². The molecule has 1 heterocycles. The fourth-order valence-corrected chi connectivity index (χ4v) is 1.42. The van der Waals surface area contributed by atoms with Crippen molar-refractivity contribution < 1.29 is 23.7 Å². The second kappa shape index (κ2) is 6.05. The Kier molecular flexibility index (Phi) is 5.01. The molecule has 1 saturated heterocycles. The van der Waals surface area contributed by atoms with Crippen LogP contribution in [0.5, 0.6) is 0 Å². The van der Waals surface area contributed by atoms with Crippen LogP contribution in [0.3, 0.4) is 0 Å². The predicted octanol–water partition coefficient (Wildman–Crippen LogP) is 0.719. The van der Waals surface area contributed by atoms with Gasteiger partial charge in [-0.3, -0.25) is 4.79 Å². The maximum Gasteiger partial charge on any atom is 0.311 e. The van der Waals surface area contributed by atoms with Crippen molar-refractivity contribution in [1.82, 2.24) is 0 Å². The molecule has 0 amide bonds. The van der Waals surface area contributed by atoms with Crippen LogP contribution < -0.4 is 0 Å². The first-order valence-corrected chi connectivity index (χ1v) is 5.23. The minimum Gasteiger partial charge on any atom is -0.466 e. The summed E-state index contributed by atoms with van der Waals surface area (Å²) in [4.78, 5) is 11.3. The average Bonchev–Trinajstić information content (AvgIpc) is 2.64. The van der Waals surface area contributed by atoms with Crippen molar-refractivity contribution in [1.29, 1.82) is 0 Å². The maximum atomic E-state index is 11.3. The summed E-state index contributed by atoms with van der Waals surface area (Å²) in [5, 5.41) is 0. The van der Waals surface area contributed by atoms with Gasteiger partial charge in [0.25, 0.3) is 0 Å². The van der Waals surface area contributed by atoms with Crippen LogP contribution in [0.2, 0.25) is 0 Å². The molecule has 5 nitrogen and oxygen atoms in total. The van der Waals surface area contributed by atoms with Crippen molar-refractivity contribution in [3.8, 4) is 0 Å². The van der Waals surface area contributed by atoms with Gasteiger partial charge in [0.05, 0.1) is 19.8 Å². The number of hydrogen-bond acceptors (Lipinski definition) is 5. The van der Waals surface area contributed by atoms with Crippen LogP contribution in [0.15, 0.2) is 0 Å². The van der Waals surface area contributed by atoms with Crippen molar-refractivity contribution >= 4 is 5.97 Å². The largest absolute Gasteiger partial charge is 0.466 e. The number of hydrogen-bond donors (Lipinski definition) is 0. The molecule has 0 N–H and O–H groups in total. The summed E-state index contributed by atoms with van der Waals surface area (Å²) in [6.45, 7) is 5.83. The molecule has 1 fully saturated rings. The van der Waals surface area contributed by atoms with Gasteiger partial charge < -0.3 is 18.9 Å². The van der Waals surface area contributed by atoms with Crippen molar-refractivity contribution in [3.05, 3.63) is 0 Å². The average molecular weight is 218 g/mol. The van der Waals surface area contributed by atoms with Crippen LogP contribution in [0.1, 0.15) is 20.3 Å². The normalized spacial score (nSPS) is 19.1. The monoisotopic (exact) mass is 218 g/mol. The first kappa shape index (κ1) is 12.4. The van der Waals surface area contributed by atoms with Gasteiger partial charge in [-0.2, -0.15) is 0 Å². The molecule has 5 heteroatoms. The smallest absolute Gasteiger partial charge is 0.311 e. The van der Waals surface area contributed by atoms with Crippen LogP contribution in [0, 0.1) is 0 Å². The van der Waals surface area contributed by atoms with Crippen LogP contribution in [-0.4, -0.2) is 44.8 Å². The van der Waals surface area contributed by atoms with Gasteiger partial charge >= 0.3 is 5.97 Å². The molecule has 0 bridgehead atoms. The van der Waals surface area contributed by atoms with Gasteiger partial charge in [0.15, 0.2) is 0 Å². The fourth-order valence-electron chi connectivity index (χ4n) is 1.42.